The highest BCUT2D eigenvalue weighted by molar-refractivity contribution is 5.66. The molecule has 0 bridgehead atoms. The number of carbonyl (C=O) groups excluding carboxylic acids is 1. The third-order valence-electron chi connectivity index (χ3n) is 2.92. The second-order valence-electron chi connectivity index (χ2n) is 4.55. The van der Waals surface area contributed by atoms with Crippen molar-refractivity contribution in [3.8, 4) is 0 Å². The van der Waals surface area contributed by atoms with Gasteiger partial charge >= 0.3 is 5.97 Å². The Hall–Kier alpha value is -0.530. The summed E-state index contributed by atoms with van der Waals surface area (Å²) in [7, 11) is 0. The Balaban J connectivity index is 3.31. The summed E-state index contributed by atoms with van der Waals surface area (Å²) in [4.78, 5) is 10.8. The number of carbonyl (C=O) groups is 1. The van der Waals surface area contributed by atoms with Gasteiger partial charge in [0.1, 0.15) is 6.10 Å². The van der Waals surface area contributed by atoms with Crippen LogP contribution in [0.5, 0.6) is 0 Å². The van der Waals surface area contributed by atoms with Crippen LogP contribution in [-0.2, 0) is 9.53 Å². The van der Waals surface area contributed by atoms with Crippen LogP contribution < -0.4 is 0 Å². The summed E-state index contributed by atoms with van der Waals surface area (Å²) in [5, 5.41) is 0. The molecule has 1 unspecified atom stereocenters. The van der Waals surface area contributed by atoms with Crippen LogP contribution in [0.25, 0.3) is 0 Å². The van der Waals surface area contributed by atoms with Gasteiger partial charge in [0.05, 0.1) is 0 Å². The van der Waals surface area contributed by atoms with Crippen LogP contribution in [-0.4, -0.2) is 12.1 Å². The van der Waals surface area contributed by atoms with Gasteiger partial charge in [-0.2, -0.15) is 0 Å². The predicted octanol–water partition coefficient (Wildman–Crippen LogP) is 4.47. The summed E-state index contributed by atoms with van der Waals surface area (Å²) in [6.45, 7) is 5.81. The van der Waals surface area contributed by atoms with Gasteiger partial charge in [-0.15, -0.1) is 0 Å². The van der Waals surface area contributed by atoms with Gasteiger partial charge in [-0.05, 0) is 19.3 Å². The molecule has 0 aromatic heterocycles. The lowest BCUT2D eigenvalue weighted by molar-refractivity contribution is -0.146. The van der Waals surface area contributed by atoms with Crippen molar-refractivity contribution in [2.45, 2.75) is 84.7 Å². The molecule has 0 spiro atoms. The number of hydrogen-bond donors (Lipinski definition) is 0. The van der Waals surface area contributed by atoms with Gasteiger partial charge in [-0.3, -0.25) is 4.79 Å². The van der Waals surface area contributed by atoms with Crippen molar-refractivity contribution in [2.75, 3.05) is 0 Å². The molecule has 0 N–H and O–H groups in total. The van der Waals surface area contributed by atoms with Crippen LogP contribution in [0.4, 0.5) is 0 Å². The molecule has 96 valence electrons. The van der Waals surface area contributed by atoms with Crippen LogP contribution in [0, 0.1) is 0 Å². The van der Waals surface area contributed by atoms with Crippen molar-refractivity contribution in [3.63, 3.8) is 0 Å². The van der Waals surface area contributed by atoms with Crippen molar-refractivity contribution in [1.82, 2.24) is 0 Å². The summed E-state index contributed by atoms with van der Waals surface area (Å²) in [5.74, 6) is -0.144. The summed E-state index contributed by atoms with van der Waals surface area (Å²) < 4.78 is 5.21. The number of rotatable bonds is 10. The molecule has 0 saturated heterocycles. The third kappa shape index (κ3) is 10.0. The Morgan fingerprint density at radius 3 is 2.06 bits per heavy atom. The normalized spacial score (nSPS) is 12.4. The third-order valence-corrected chi connectivity index (χ3v) is 2.92. The predicted molar refractivity (Wildman–Crippen MR) is 68.5 cm³/mol. The van der Waals surface area contributed by atoms with Gasteiger partial charge in [0, 0.05) is 6.92 Å². The molecule has 0 aliphatic carbocycles. The van der Waals surface area contributed by atoms with Gasteiger partial charge in [0.2, 0.25) is 0 Å². The summed E-state index contributed by atoms with van der Waals surface area (Å²) in [6.07, 6.45) is 11.3. The van der Waals surface area contributed by atoms with Crippen molar-refractivity contribution >= 4 is 5.97 Å². The quantitative estimate of drug-likeness (QED) is 0.407. The Bertz CT molecular complexity index is 166. The van der Waals surface area contributed by atoms with Crippen molar-refractivity contribution < 1.29 is 9.53 Å². The highest BCUT2D eigenvalue weighted by Gasteiger charge is 2.08. The largest absolute Gasteiger partial charge is 0.463 e. The molecule has 0 amide bonds. The zero-order chi connectivity index (χ0) is 12.2. The minimum atomic E-state index is -0.144. The smallest absolute Gasteiger partial charge is 0.302 e. The second-order valence-corrected chi connectivity index (χ2v) is 4.55. The van der Waals surface area contributed by atoms with Gasteiger partial charge < -0.3 is 4.74 Å². The van der Waals surface area contributed by atoms with Gasteiger partial charge in [0.25, 0.3) is 0 Å². The Morgan fingerprint density at radius 1 is 1.00 bits per heavy atom. The molecule has 0 radical (unpaired) electrons. The average Bonchev–Trinajstić information content (AvgIpc) is 2.25. The molecule has 0 heterocycles. The number of ether oxygens (including phenoxy) is 1. The van der Waals surface area contributed by atoms with E-state index in [1.807, 2.05) is 0 Å². The molecule has 0 aromatic rings. The van der Waals surface area contributed by atoms with Crippen LogP contribution in [0.3, 0.4) is 0 Å². The topological polar surface area (TPSA) is 26.3 Å². The van der Waals surface area contributed by atoms with Gasteiger partial charge in [-0.1, -0.05) is 52.4 Å². The Labute approximate surface area is 101 Å². The van der Waals surface area contributed by atoms with Crippen molar-refractivity contribution in [1.29, 1.82) is 0 Å². The number of unbranched alkanes of at least 4 members (excludes halogenated alkanes) is 6. The fourth-order valence-electron chi connectivity index (χ4n) is 1.91. The maximum Gasteiger partial charge on any atom is 0.302 e. The first-order valence-electron chi connectivity index (χ1n) is 6.87. The molecular weight excluding hydrogens is 200 g/mol. The first-order chi connectivity index (χ1) is 7.70. The maximum atomic E-state index is 10.8. The van der Waals surface area contributed by atoms with E-state index in [2.05, 4.69) is 13.8 Å². The van der Waals surface area contributed by atoms with Gasteiger partial charge in [-0.25, -0.2) is 0 Å². The summed E-state index contributed by atoms with van der Waals surface area (Å²) in [6, 6.07) is 0. The Kier molecular flexibility index (Phi) is 10.6. The first-order valence-corrected chi connectivity index (χ1v) is 6.87. The van der Waals surface area contributed by atoms with Crippen LogP contribution >= 0.6 is 0 Å². The van der Waals surface area contributed by atoms with E-state index in [-0.39, 0.29) is 12.1 Å². The lowest BCUT2D eigenvalue weighted by atomic mass is 10.1. The fourth-order valence-corrected chi connectivity index (χ4v) is 1.91. The van der Waals surface area contributed by atoms with Crippen LogP contribution in [0.2, 0.25) is 0 Å². The molecule has 0 aliphatic heterocycles. The van der Waals surface area contributed by atoms with E-state index in [9.17, 15) is 4.79 Å². The monoisotopic (exact) mass is 228 g/mol. The zero-order valence-electron chi connectivity index (χ0n) is 11.3. The van der Waals surface area contributed by atoms with E-state index in [0.717, 1.165) is 12.8 Å². The Morgan fingerprint density at radius 2 is 1.56 bits per heavy atom. The molecule has 2 nitrogen and oxygen atoms in total. The molecule has 2 heteroatoms. The lowest BCUT2D eigenvalue weighted by Crippen LogP contribution is -2.14. The molecule has 0 rings (SSSR count). The minimum absolute atomic E-state index is 0.144. The standard InChI is InChI=1S/C14H28O2/c1-4-6-7-8-9-10-11-12-14(5-2)16-13(3)15/h14H,4-12H2,1-3H3. The molecule has 0 aromatic carbocycles. The molecule has 1 atom stereocenters. The molecule has 16 heavy (non-hydrogen) atoms. The van der Waals surface area contributed by atoms with E-state index < -0.39 is 0 Å². The number of esters is 1. The van der Waals surface area contributed by atoms with Gasteiger partial charge in [0.15, 0.2) is 0 Å². The lowest BCUT2D eigenvalue weighted by Gasteiger charge is -2.14. The van der Waals surface area contributed by atoms with Crippen molar-refractivity contribution in [3.05, 3.63) is 0 Å². The summed E-state index contributed by atoms with van der Waals surface area (Å²) >= 11 is 0. The maximum absolute atomic E-state index is 10.8. The van der Waals surface area contributed by atoms with E-state index in [0.29, 0.717) is 0 Å². The molecule has 0 fully saturated rings. The van der Waals surface area contributed by atoms with E-state index >= 15 is 0 Å². The van der Waals surface area contributed by atoms with E-state index in [1.165, 1.54) is 51.9 Å². The van der Waals surface area contributed by atoms with Crippen molar-refractivity contribution in [2.24, 2.45) is 0 Å². The average molecular weight is 228 g/mol. The van der Waals surface area contributed by atoms with Crippen LogP contribution in [0.15, 0.2) is 0 Å². The first kappa shape index (κ1) is 15.5. The second kappa shape index (κ2) is 11.0. The number of hydrogen-bond acceptors (Lipinski definition) is 2. The highest BCUT2D eigenvalue weighted by atomic mass is 16.5. The molecule has 0 saturated carbocycles. The van der Waals surface area contributed by atoms with Crippen LogP contribution in [0.1, 0.15) is 78.6 Å². The molecular formula is C14H28O2. The SMILES string of the molecule is CCCCCCCCCC(CC)OC(C)=O. The fraction of sp³-hybridized carbons (Fsp3) is 0.929. The van der Waals surface area contributed by atoms with E-state index in [4.69, 9.17) is 4.74 Å². The zero-order valence-corrected chi connectivity index (χ0v) is 11.3. The van der Waals surface area contributed by atoms with E-state index in [1.54, 1.807) is 0 Å². The summed E-state index contributed by atoms with van der Waals surface area (Å²) in [5.41, 5.74) is 0. The minimum Gasteiger partial charge on any atom is -0.463 e. The molecule has 0 aliphatic rings. The highest BCUT2D eigenvalue weighted by Crippen LogP contribution is 2.13.